The molecule has 0 radical (unpaired) electrons. The van der Waals surface area contributed by atoms with Gasteiger partial charge in [-0.2, -0.15) is 0 Å². The lowest BCUT2D eigenvalue weighted by atomic mass is 10.1. The molecule has 0 aliphatic carbocycles. The van der Waals surface area contributed by atoms with Crippen molar-refractivity contribution in [3.8, 4) is 5.75 Å². The molecule has 0 bridgehead atoms. The molecule has 0 aliphatic rings. The fraction of sp³-hybridized carbons (Fsp3) is 0.278. The fourth-order valence-corrected chi connectivity index (χ4v) is 2.86. The Kier molecular flexibility index (Phi) is 6.70. The number of benzene rings is 2. The van der Waals surface area contributed by atoms with Gasteiger partial charge in [0, 0.05) is 22.6 Å². The molecule has 1 atom stereocenters. The van der Waals surface area contributed by atoms with E-state index < -0.39 is 11.0 Å². The summed E-state index contributed by atoms with van der Waals surface area (Å²) in [5, 5.41) is 13.7. The number of methoxy groups -OCH3 is 1. The van der Waals surface area contributed by atoms with Gasteiger partial charge in [-0.3, -0.25) is 19.8 Å². The van der Waals surface area contributed by atoms with Gasteiger partial charge in [0.05, 0.1) is 18.1 Å². The highest BCUT2D eigenvalue weighted by Gasteiger charge is 2.22. The maximum Gasteiger partial charge on any atom is 0.292 e. The summed E-state index contributed by atoms with van der Waals surface area (Å²) in [6.07, 6.45) is 0. The first-order valence-corrected chi connectivity index (χ1v) is 8.69. The Labute approximate surface area is 160 Å². The molecule has 0 heterocycles. The quantitative estimate of drug-likeness (QED) is 0.542. The van der Waals surface area contributed by atoms with Crippen molar-refractivity contribution < 1.29 is 14.5 Å². The molecule has 138 valence electrons. The van der Waals surface area contributed by atoms with Gasteiger partial charge in [-0.15, -0.1) is 0 Å². The van der Waals surface area contributed by atoms with E-state index >= 15 is 0 Å². The summed E-state index contributed by atoms with van der Waals surface area (Å²) in [7, 11) is 3.40. The molecule has 0 spiro atoms. The van der Waals surface area contributed by atoms with Gasteiger partial charge in [-0.1, -0.05) is 28.1 Å². The van der Waals surface area contributed by atoms with Crippen LogP contribution in [0.2, 0.25) is 0 Å². The number of nitrogens with one attached hydrogen (secondary N) is 1. The molecular weight excluding hydrogens is 402 g/mol. The summed E-state index contributed by atoms with van der Waals surface area (Å²) in [6.45, 7) is 2.22. The molecule has 26 heavy (non-hydrogen) atoms. The third kappa shape index (κ3) is 4.80. The average molecular weight is 422 g/mol. The summed E-state index contributed by atoms with van der Waals surface area (Å²) >= 11 is 3.43. The normalized spacial score (nSPS) is 11.9. The smallest absolute Gasteiger partial charge is 0.292 e. The first-order valence-electron chi connectivity index (χ1n) is 7.90. The highest BCUT2D eigenvalue weighted by atomic mass is 79.9. The predicted molar refractivity (Wildman–Crippen MR) is 103 cm³/mol. The second-order valence-corrected chi connectivity index (χ2v) is 6.73. The molecule has 0 fully saturated rings. The maximum absolute atomic E-state index is 12.5. The lowest BCUT2D eigenvalue weighted by molar-refractivity contribution is -0.383. The molecule has 8 heteroatoms. The number of nitro benzene ring substituents is 1. The summed E-state index contributed by atoms with van der Waals surface area (Å²) in [5.74, 6) is 0.405. The monoisotopic (exact) mass is 421 g/mol. The van der Waals surface area contributed by atoms with Gasteiger partial charge in [0.2, 0.25) is 5.91 Å². The number of halogens is 1. The largest absolute Gasteiger partial charge is 0.496 e. The molecule has 1 amide bonds. The zero-order valence-electron chi connectivity index (χ0n) is 14.7. The molecule has 0 aromatic heterocycles. The standard InChI is InChI=1S/C18H20BrN3O4/c1-12(18(23)20-15-6-4-5-7-16(15)22(24)25)21(2)11-13-10-14(19)8-9-17(13)26-3/h4-10,12H,11H2,1-3H3,(H,20,23). The minimum absolute atomic E-state index is 0.135. The first kappa shape index (κ1) is 19.9. The number of hydrogen-bond donors (Lipinski definition) is 1. The van der Waals surface area contributed by atoms with E-state index in [9.17, 15) is 14.9 Å². The Hall–Kier alpha value is -2.45. The van der Waals surface area contributed by atoms with Gasteiger partial charge in [0.1, 0.15) is 11.4 Å². The number of carbonyl (C=O) groups excluding carboxylic acids is 1. The number of rotatable bonds is 7. The van der Waals surface area contributed by atoms with Gasteiger partial charge in [-0.25, -0.2) is 0 Å². The van der Waals surface area contributed by atoms with E-state index in [4.69, 9.17) is 4.74 Å². The van der Waals surface area contributed by atoms with Crippen LogP contribution in [-0.2, 0) is 11.3 Å². The van der Waals surface area contributed by atoms with E-state index in [2.05, 4.69) is 21.2 Å². The maximum atomic E-state index is 12.5. The van der Waals surface area contributed by atoms with Crippen molar-refractivity contribution in [1.82, 2.24) is 4.90 Å². The second-order valence-electron chi connectivity index (χ2n) is 5.81. The minimum Gasteiger partial charge on any atom is -0.496 e. The number of anilines is 1. The fourth-order valence-electron chi connectivity index (χ4n) is 2.45. The molecular formula is C18H20BrN3O4. The van der Waals surface area contributed by atoms with Crippen molar-refractivity contribution in [2.24, 2.45) is 0 Å². The zero-order chi connectivity index (χ0) is 19.3. The highest BCUT2D eigenvalue weighted by molar-refractivity contribution is 9.10. The number of likely N-dealkylation sites (N-methyl/N-ethyl adjacent to an activating group) is 1. The zero-order valence-corrected chi connectivity index (χ0v) is 16.3. The van der Waals surface area contributed by atoms with Gasteiger partial charge >= 0.3 is 0 Å². The topological polar surface area (TPSA) is 84.7 Å². The Balaban J connectivity index is 2.11. The molecule has 7 nitrogen and oxygen atoms in total. The Bertz CT molecular complexity index is 813. The number of nitro groups is 1. The molecule has 2 aromatic rings. The van der Waals surface area contributed by atoms with Crippen LogP contribution in [-0.4, -0.2) is 35.9 Å². The summed E-state index contributed by atoms with van der Waals surface area (Å²) in [5.41, 5.74) is 0.974. The van der Waals surface area contributed by atoms with Crippen LogP contribution in [0.5, 0.6) is 5.75 Å². The van der Waals surface area contributed by atoms with Gasteiger partial charge < -0.3 is 10.1 Å². The Morgan fingerprint density at radius 1 is 1.35 bits per heavy atom. The number of nitrogens with zero attached hydrogens (tertiary/aromatic N) is 2. The number of amides is 1. The van der Waals surface area contributed by atoms with E-state index in [1.807, 2.05) is 30.1 Å². The molecule has 0 saturated carbocycles. The van der Waals surface area contributed by atoms with Crippen LogP contribution in [0.4, 0.5) is 11.4 Å². The van der Waals surface area contributed by atoms with Crippen LogP contribution in [0.1, 0.15) is 12.5 Å². The Morgan fingerprint density at radius 2 is 2.04 bits per heavy atom. The van der Waals surface area contributed by atoms with Crippen LogP contribution in [0.15, 0.2) is 46.9 Å². The van der Waals surface area contributed by atoms with Crippen molar-refractivity contribution in [3.05, 3.63) is 62.6 Å². The predicted octanol–water partition coefficient (Wildman–Crippen LogP) is 3.82. The van der Waals surface area contributed by atoms with E-state index in [1.54, 1.807) is 26.2 Å². The number of carbonyl (C=O) groups is 1. The van der Waals surface area contributed by atoms with E-state index in [-0.39, 0.29) is 17.3 Å². The number of para-hydroxylation sites is 2. The van der Waals surface area contributed by atoms with Crippen LogP contribution in [0.25, 0.3) is 0 Å². The highest BCUT2D eigenvalue weighted by Crippen LogP contribution is 2.26. The summed E-state index contributed by atoms with van der Waals surface area (Å²) in [6, 6.07) is 11.2. The summed E-state index contributed by atoms with van der Waals surface area (Å²) in [4.78, 5) is 24.9. The molecule has 2 rings (SSSR count). The molecule has 0 saturated heterocycles. The molecule has 2 aromatic carbocycles. The van der Waals surface area contributed by atoms with Crippen LogP contribution in [0.3, 0.4) is 0 Å². The van der Waals surface area contributed by atoms with Crippen molar-refractivity contribution >= 4 is 33.2 Å². The molecule has 0 aliphatic heterocycles. The van der Waals surface area contributed by atoms with Crippen molar-refractivity contribution in [2.75, 3.05) is 19.5 Å². The summed E-state index contributed by atoms with van der Waals surface area (Å²) < 4.78 is 6.27. The van der Waals surface area contributed by atoms with E-state index in [0.717, 1.165) is 15.8 Å². The van der Waals surface area contributed by atoms with Gasteiger partial charge in [0.25, 0.3) is 5.69 Å². The SMILES string of the molecule is COc1ccc(Br)cc1CN(C)C(C)C(=O)Nc1ccccc1[N+](=O)[O-]. The minimum atomic E-state index is -0.518. The van der Waals surface area contributed by atoms with Crippen LogP contribution < -0.4 is 10.1 Å². The van der Waals surface area contributed by atoms with Crippen molar-refractivity contribution in [3.63, 3.8) is 0 Å². The lowest BCUT2D eigenvalue weighted by Gasteiger charge is -2.24. The third-order valence-electron chi connectivity index (χ3n) is 4.06. The first-order chi connectivity index (χ1) is 12.3. The third-order valence-corrected chi connectivity index (χ3v) is 4.55. The van der Waals surface area contributed by atoms with Gasteiger partial charge in [0.15, 0.2) is 0 Å². The van der Waals surface area contributed by atoms with Crippen LogP contribution in [0, 0.1) is 10.1 Å². The van der Waals surface area contributed by atoms with Gasteiger partial charge in [-0.05, 0) is 38.2 Å². The van der Waals surface area contributed by atoms with Crippen molar-refractivity contribution in [1.29, 1.82) is 0 Å². The van der Waals surface area contributed by atoms with Crippen LogP contribution >= 0.6 is 15.9 Å². The van der Waals surface area contributed by atoms with E-state index in [0.29, 0.717) is 6.54 Å². The number of ether oxygens (including phenoxy) is 1. The van der Waals surface area contributed by atoms with Crippen molar-refractivity contribution in [2.45, 2.75) is 19.5 Å². The number of hydrogen-bond acceptors (Lipinski definition) is 5. The lowest BCUT2D eigenvalue weighted by Crippen LogP contribution is -2.39. The molecule has 1 unspecified atom stereocenters. The average Bonchev–Trinajstić information content (AvgIpc) is 2.61. The van der Waals surface area contributed by atoms with E-state index in [1.165, 1.54) is 12.1 Å². The molecule has 1 N–H and O–H groups in total. The Morgan fingerprint density at radius 3 is 2.69 bits per heavy atom. The second kappa shape index (κ2) is 8.77.